The molecule has 2 N–H and O–H groups in total. The van der Waals surface area contributed by atoms with E-state index in [0.29, 0.717) is 21.8 Å². The summed E-state index contributed by atoms with van der Waals surface area (Å²) in [6.07, 6.45) is -2.79. The van der Waals surface area contributed by atoms with Crippen molar-refractivity contribution in [1.82, 2.24) is 15.1 Å². The Hall–Kier alpha value is -3.61. The van der Waals surface area contributed by atoms with Crippen molar-refractivity contribution < 1.29 is 35.9 Å². The van der Waals surface area contributed by atoms with Gasteiger partial charge in [-0.1, -0.05) is 13.0 Å². The van der Waals surface area contributed by atoms with Gasteiger partial charge in [-0.15, -0.1) is 0 Å². The average molecular weight is 541 g/mol. The van der Waals surface area contributed by atoms with Crippen LogP contribution in [0, 0.1) is 5.82 Å². The number of amides is 2. The van der Waals surface area contributed by atoms with Crippen molar-refractivity contribution in [2.75, 3.05) is 11.2 Å². The average Bonchev–Trinajstić information content (AvgIpc) is 3.25. The zero-order valence-corrected chi connectivity index (χ0v) is 20.6. The number of sulfone groups is 1. The van der Waals surface area contributed by atoms with Gasteiger partial charge in [0, 0.05) is 6.26 Å². The number of aromatic nitrogens is 2. The molecule has 0 saturated carbocycles. The highest BCUT2D eigenvalue weighted by Gasteiger charge is 2.49. The molecule has 0 fully saturated rings. The highest BCUT2D eigenvalue weighted by atomic mass is 32.2. The van der Waals surface area contributed by atoms with Gasteiger partial charge < -0.3 is 10.4 Å². The Bertz CT molecular complexity index is 1420. The number of carbonyl (C=O) groups is 1. The number of phenolic OH excluding ortho intramolecular Hbond substituents is 1. The van der Waals surface area contributed by atoms with Gasteiger partial charge in [0.1, 0.15) is 22.5 Å². The normalized spacial score (nSPS) is 16.8. The van der Waals surface area contributed by atoms with Gasteiger partial charge in [0.05, 0.1) is 29.3 Å². The third-order valence-electron chi connectivity index (χ3n) is 6.23. The second-order valence-electron chi connectivity index (χ2n) is 8.74. The summed E-state index contributed by atoms with van der Waals surface area (Å²) < 4.78 is 80.3. The van der Waals surface area contributed by atoms with Crippen LogP contribution in [0.25, 0.3) is 5.69 Å². The molecule has 198 valence electrons. The molecule has 37 heavy (non-hydrogen) atoms. The number of phenols is 1. The lowest BCUT2D eigenvalue weighted by molar-refractivity contribution is -0.149. The number of halogens is 4. The van der Waals surface area contributed by atoms with Crippen molar-refractivity contribution in [3.05, 3.63) is 65.7 Å². The number of benzene rings is 2. The highest BCUT2D eigenvalue weighted by molar-refractivity contribution is 7.90. The van der Waals surface area contributed by atoms with Gasteiger partial charge >= 0.3 is 12.2 Å². The number of carbonyl (C=O) groups excluding carboxylic acids is 1. The first-order chi connectivity index (χ1) is 17.3. The van der Waals surface area contributed by atoms with E-state index in [1.165, 1.54) is 53.3 Å². The van der Waals surface area contributed by atoms with Crippen LogP contribution in [0.1, 0.15) is 37.1 Å². The van der Waals surface area contributed by atoms with Crippen LogP contribution in [-0.2, 0) is 16.3 Å². The van der Waals surface area contributed by atoms with Gasteiger partial charge in [0.25, 0.3) is 0 Å². The van der Waals surface area contributed by atoms with Crippen molar-refractivity contribution in [2.24, 2.45) is 0 Å². The Morgan fingerprint density at radius 1 is 1.22 bits per heavy atom. The smallest absolute Gasteiger partial charge is 0.409 e. The van der Waals surface area contributed by atoms with E-state index in [-0.39, 0.29) is 23.4 Å². The third kappa shape index (κ3) is 5.26. The number of urea groups is 1. The number of hydrogen-bond donors (Lipinski definition) is 2. The van der Waals surface area contributed by atoms with Crippen molar-refractivity contribution in [3.63, 3.8) is 0 Å². The quantitative estimate of drug-likeness (QED) is 0.458. The summed E-state index contributed by atoms with van der Waals surface area (Å²) >= 11 is 0. The summed E-state index contributed by atoms with van der Waals surface area (Å²) in [6.45, 7) is 1.68. The lowest BCUT2D eigenvalue weighted by Gasteiger charge is -2.37. The van der Waals surface area contributed by atoms with E-state index in [1.807, 2.05) is 0 Å². The topological polar surface area (TPSA) is 105 Å². The number of alkyl halides is 3. The molecule has 2 amide bonds. The maximum atomic E-state index is 14.0. The summed E-state index contributed by atoms with van der Waals surface area (Å²) in [5.41, 5.74) is 1.09. The van der Waals surface area contributed by atoms with Crippen LogP contribution in [0.2, 0.25) is 0 Å². The molecule has 0 aliphatic carbocycles. The first-order valence-corrected chi connectivity index (χ1v) is 13.2. The highest BCUT2D eigenvalue weighted by Crippen LogP contribution is 2.39. The Morgan fingerprint density at radius 2 is 1.89 bits per heavy atom. The third-order valence-corrected chi connectivity index (χ3v) is 7.38. The summed E-state index contributed by atoms with van der Waals surface area (Å²) in [5.74, 6) is -1.01. The van der Waals surface area contributed by atoms with Crippen LogP contribution in [0.15, 0.2) is 53.6 Å². The summed E-state index contributed by atoms with van der Waals surface area (Å²) in [6, 6.07) is 5.05. The van der Waals surface area contributed by atoms with E-state index in [9.17, 15) is 35.9 Å². The van der Waals surface area contributed by atoms with Gasteiger partial charge in [0.2, 0.25) is 0 Å². The van der Waals surface area contributed by atoms with E-state index in [2.05, 4.69) is 10.4 Å². The van der Waals surface area contributed by atoms with Crippen LogP contribution in [0.4, 0.5) is 28.0 Å². The van der Waals surface area contributed by atoms with Crippen molar-refractivity contribution in [2.45, 2.75) is 49.3 Å². The second-order valence-corrected chi connectivity index (χ2v) is 10.7. The Labute approximate surface area is 210 Å². The Kier molecular flexibility index (Phi) is 6.93. The molecule has 0 bridgehead atoms. The molecule has 0 saturated heterocycles. The summed E-state index contributed by atoms with van der Waals surface area (Å²) in [5, 5.41) is 16.9. The van der Waals surface area contributed by atoms with Crippen LogP contribution < -0.4 is 10.2 Å². The van der Waals surface area contributed by atoms with Crippen molar-refractivity contribution >= 4 is 21.6 Å². The molecular weight excluding hydrogens is 516 g/mol. The summed E-state index contributed by atoms with van der Waals surface area (Å²) in [4.78, 5) is 13.7. The van der Waals surface area contributed by atoms with Gasteiger partial charge in [-0.2, -0.15) is 18.3 Å². The van der Waals surface area contributed by atoms with Gasteiger partial charge in [-0.25, -0.2) is 22.3 Å². The minimum absolute atomic E-state index is 0.0152. The molecule has 4 rings (SSSR count). The predicted molar refractivity (Wildman–Crippen MR) is 127 cm³/mol. The van der Waals surface area contributed by atoms with Crippen LogP contribution in [0.5, 0.6) is 5.75 Å². The number of aromatic hydroxyl groups is 1. The largest absolute Gasteiger partial charge is 0.507 e. The van der Waals surface area contributed by atoms with E-state index < -0.39 is 52.1 Å². The molecule has 1 aromatic heterocycles. The predicted octanol–water partition coefficient (Wildman–Crippen LogP) is 4.66. The van der Waals surface area contributed by atoms with Crippen LogP contribution in [0.3, 0.4) is 0 Å². The van der Waals surface area contributed by atoms with Gasteiger partial charge in [0.15, 0.2) is 9.84 Å². The number of fused-ring (bicyclic) bond motifs is 1. The molecule has 3 aromatic rings. The van der Waals surface area contributed by atoms with Gasteiger partial charge in [-0.05, 0) is 61.2 Å². The minimum Gasteiger partial charge on any atom is -0.507 e. The number of anilines is 1. The fourth-order valence-electron chi connectivity index (χ4n) is 4.44. The number of nitrogens with zero attached hydrogens (tertiary/aromatic N) is 3. The summed E-state index contributed by atoms with van der Waals surface area (Å²) in [7, 11) is -3.70. The van der Waals surface area contributed by atoms with E-state index in [4.69, 9.17) is 0 Å². The molecule has 1 aliphatic rings. The molecule has 8 nitrogen and oxygen atoms in total. The van der Waals surface area contributed by atoms with Gasteiger partial charge in [-0.3, -0.25) is 4.90 Å². The fourth-order valence-corrected chi connectivity index (χ4v) is 5.19. The minimum atomic E-state index is -4.72. The molecule has 0 spiro atoms. The monoisotopic (exact) mass is 540 g/mol. The number of hydrogen-bond acceptors (Lipinski definition) is 5. The van der Waals surface area contributed by atoms with E-state index in [0.717, 1.165) is 6.26 Å². The first kappa shape index (κ1) is 26.5. The molecule has 0 radical (unpaired) electrons. The maximum Gasteiger partial charge on any atom is 0.409 e. The molecule has 13 heteroatoms. The van der Waals surface area contributed by atoms with E-state index >= 15 is 0 Å². The van der Waals surface area contributed by atoms with Crippen LogP contribution in [-0.4, -0.2) is 47.8 Å². The van der Waals surface area contributed by atoms with Crippen molar-refractivity contribution in [3.8, 4) is 11.4 Å². The zero-order valence-electron chi connectivity index (χ0n) is 19.8. The number of nitrogens with one attached hydrogen (secondary N) is 1. The second kappa shape index (κ2) is 9.69. The molecule has 2 heterocycles. The molecule has 2 aromatic carbocycles. The molecule has 2 unspecified atom stereocenters. The standard InChI is InChI=1S/C24H24F4N4O4S/c1-3-17(14-4-10-21(20(33)12-14)37(2,35)36)30-23(34)31-19-13-29-32(16-7-5-15(25)6-8-16)18(19)9-11-22(31)24(26,27)28/h4-8,10,12-13,17,22,33H,3,9,11H2,1-2H3,(H,30,34). The number of rotatable bonds is 5. The molecular formula is C24H24F4N4O4S. The first-order valence-electron chi connectivity index (χ1n) is 11.3. The lowest BCUT2D eigenvalue weighted by Crippen LogP contribution is -2.55. The Balaban J connectivity index is 1.69. The van der Waals surface area contributed by atoms with E-state index in [1.54, 1.807) is 6.92 Å². The fraction of sp³-hybridized carbons (Fsp3) is 0.333. The van der Waals surface area contributed by atoms with Crippen LogP contribution >= 0.6 is 0 Å². The Morgan fingerprint density at radius 3 is 2.46 bits per heavy atom. The zero-order chi connectivity index (χ0) is 27.1. The van der Waals surface area contributed by atoms with Crippen molar-refractivity contribution in [1.29, 1.82) is 0 Å². The molecule has 2 atom stereocenters. The lowest BCUT2D eigenvalue weighted by atomic mass is 10.00. The maximum absolute atomic E-state index is 14.0. The SMILES string of the molecule is CCC(NC(=O)N1c2cnn(-c3ccc(F)cc3)c2CCC1C(F)(F)F)c1ccc(S(C)(=O)=O)c(O)c1. The molecule has 1 aliphatic heterocycles.